The minimum Gasteiger partial charge on any atom is -0.352 e. The Morgan fingerprint density at radius 3 is 2.53 bits per heavy atom. The van der Waals surface area contributed by atoms with Gasteiger partial charge in [-0.05, 0) is 32.6 Å². The SMILES string of the molecule is CC(NC1CCCS(=O)(=O)C1)C(=O)NC1CC1. The Kier molecular flexibility index (Phi) is 3.73. The molecule has 5 nitrogen and oxygen atoms in total. The van der Waals surface area contributed by atoms with E-state index < -0.39 is 9.84 Å². The molecule has 2 aliphatic rings. The van der Waals surface area contributed by atoms with Crippen LogP contribution in [0.25, 0.3) is 0 Å². The van der Waals surface area contributed by atoms with Crippen LogP contribution in [0, 0.1) is 0 Å². The summed E-state index contributed by atoms with van der Waals surface area (Å²) in [4.78, 5) is 11.7. The van der Waals surface area contributed by atoms with E-state index in [-0.39, 0.29) is 29.5 Å². The fraction of sp³-hybridized carbons (Fsp3) is 0.909. The van der Waals surface area contributed by atoms with Gasteiger partial charge in [0.15, 0.2) is 9.84 Å². The summed E-state index contributed by atoms with van der Waals surface area (Å²) in [5, 5.41) is 6.03. The number of sulfone groups is 1. The van der Waals surface area contributed by atoms with Gasteiger partial charge >= 0.3 is 0 Å². The standard InChI is InChI=1S/C11H20N2O3S/c1-8(11(14)13-9-4-5-9)12-10-3-2-6-17(15,16)7-10/h8-10,12H,2-7H2,1H3,(H,13,14). The summed E-state index contributed by atoms with van der Waals surface area (Å²) in [5.74, 6) is 0.428. The van der Waals surface area contributed by atoms with Crippen molar-refractivity contribution >= 4 is 15.7 Å². The molecule has 0 aromatic rings. The van der Waals surface area contributed by atoms with Crippen molar-refractivity contribution in [2.75, 3.05) is 11.5 Å². The van der Waals surface area contributed by atoms with Crippen LogP contribution in [0.15, 0.2) is 0 Å². The van der Waals surface area contributed by atoms with Crippen LogP contribution in [-0.4, -0.2) is 44.0 Å². The number of hydrogen-bond acceptors (Lipinski definition) is 4. The lowest BCUT2D eigenvalue weighted by molar-refractivity contribution is -0.123. The third kappa shape index (κ3) is 3.96. The first-order valence-electron chi connectivity index (χ1n) is 6.23. The van der Waals surface area contributed by atoms with E-state index in [1.807, 2.05) is 0 Å². The van der Waals surface area contributed by atoms with Crippen LogP contribution in [0.5, 0.6) is 0 Å². The van der Waals surface area contributed by atoms with Gasteiger partial charge in [0, 0.05) is 12.1 Å². The molecule has 1 amide bonds. The average Bonchev–Trinajstić information content (AvgIpc) is 2.99. The summed E-state index contributed by atoms with van der Waals surface area (Å²) in [5.41, 5.74) is 0. The van der Waals surface area contributed by atoms with Gasteiger partial charge in [-0.1, -0.05) is 0 Å². The highest BCUT2D eigenvalue weighted by Crippen LogP contribution is 2.19. The molecule has 0 spiro atoms. The van der Waals surface area contributed by atoms with Crippen molar-refractivity contribution in [1.82, 2.24) is 10.6 Å². The van der Waals surface area contributed by atoms with Crippen molar-refractivity contribution in [3.05, 3.63) is 0 Å². The van der Waals surface area contributed by atoms with Crippen LogP contribution >= 0.6 is 0 Å². The predicted molar refractivity (Wildman–Crippen MR) is 65.4 cm³/mol. The van der Waals surface area contributed by atoms with Crippen LogP contribution in [0.3, 0.4) is 0 Å². The molecule has 2 rings (SSSR count). The van der Waals surface area contributed by atoms with Crippen LogP contribution in [-0.2, 0) is 14.6 Å². The third-order valence-corrected chi connectivity index (χ3v) is 5.09. The van der Waals surface area contributed by atoms with E-state index in [0.29, 0.717) is 12.5 Å². The number of hydrogen-bond donors (Lipinski definition) is 2. The molecule has 1 saturated carbocycles. The van der Waals surface area contributed by atoms with E-state index in [1.165, 1.54) is 0 Å². The molecule has 0 aromatic carbocycles. The maximum atomic E-state index is 11.7. The number of rotatable bonds is 4. The summed E-state index contributed by atoms with van der Waals surface area (Å²) >= 11 is 0. The summed E-state index contributed by atoms with van der Waals surface area (Å²) < 4.78 is 22.9. The molecule has 1 aliphatic heterocycles. The number of nitrogens with one attached hydrogen (secondary N) is 2. The predicted octanol–water partition coefficient (Wildman–Crippen LogP) is -0.180. The zero-order valence-corrected chi connectivity index (χ0v) is 10.9. The topological polar surface area (TPSA) is 75.3 Å². The van der Waals surface area contributed by atoms with Gasteiger partial charge in [-0.3, -0.25) is 4.79 Å². The van der Waals surface area contributed by atoms with E-state index >= 15 is 0 Å². The van der Waals surface area contributed by atoms with Gasteiger partial charge in [0.05, 0.1) is 17.5 Å². The molecule has 6 heteroatoms. The maximum Gasteiger partial charge on any atom is 0.237 e. The monoisotopic (exact) mass is 260 g/mol. The molecule has 0 radical (unpaired) electrons. The van der Waals surface area contributed by atoms with Gasteiger partial charge in [0.25, 0.3) is 0 Å². The molecule has 2 unspecified atom stereocenters. The second-order valence-corrected chi connectivity index (χ2v) is 7.35. The van der Waals surface area contributed by atoms with Crippen molar-refractivity contribution in [2.24, 2.45) is 0 Å². The van der Waals surface area contributed by atoms with E-state index in [0.717, 1.165) is 19.3 Å². The van der Waals surface area contributed by atoms with E-state index in [9.17, 15) is 13.2 Å². The highest BCUT2D eigenvalue weighted by Gasteiger charge is 2.29. The highest BCUT2D eigenvalue weighted by molar-refractivity contribution is 7.91. The Morgan fingerprint density at radius 1 is 1.24 bits per heavy atom. The molecular formula is C11H20N2O3S. The zero-order chi connectivity index (χ0) is 12.5. The summed E-state index contributed by atoms with van der Waals surface area (Å²) in [6, 6.07) is -0.0376. The Hall–Kier alpha value is -0.620. The van der Waals surface area contributed by atoms with E-state index in [2.05, 4.69) is 10.6 Å². The average molecular weight is 260 g/mol. The molecule has 98 valence electrons. The lowest BCUT2D eigenvalue weighted by Crippen LogP contribution is -2.50. The molecule has 1 saturated heterocycles. The molecule has 2 fully saturated rings. The van der Waals surface area contributed by atoms with Gasteiger partial charge in [0.1, 0.15) is 0 Å². The minimum atomic E-state index is -2.91. The minimum absolute atomic E-state index is 0.0181. The highest BCUT2D eigenvalue weighted by atomic mass is 32.2. The van der Waals surface area contributed by atoms with Crippen molar-refractivity contribution in [3.8, 4) is 0 Å². The van der Waals surface area contributed by atoms with Crippen molar-refractivity contribution in [2.45, 2.75) is 50.7 Å². The van der Waals surface area contributed by atoms with Gasteiger partial charge in [-0.2, -0.15) is 0 Å². The van der Waals surface area contributed by atoms with Crippen molar-refractivity contribution < 1.29 is 13.2 Å². The fourth-order valence-electron chi connectivity index (χ4n) is 2.14. The summed E-state index contributed by atoms with van der Waals surface area (Å²) in [7, 11) is -2.91. The molecule has 2 atom stereocenters. The first-order chi connectivity index (χ1) is 7.96. The molecule has 0 aromatic heterocycles. The van der Waals surface area contributed by atoms with Crippen molar-refractivity contribution in [1.29, 1.82) is 0 Å². The number of carbonyl (C=O) groups is 1. The normalized spacial score (nSPS) is 29.6. The largest absolute Gasteiger partial charge is 0.352 e. The molecule has 17 heavy (non-hydrogen) atoms. The van der Waals surface area contributed by atoms with Gasteiger partial charge in [-0.15, -0.1) is 0 Å². The van der Waals surface area contributed by atoms with Crippen LogP contribution in [0.1, 0.15) is 32.6 Å². The van der Waals surface area contributed by atoms with E-state index in [1.54, 1.807) is 6.92 Å². The second-order valence-electron chi connectivity index (χ2n) is 5.12. The molecule has 1 aliphatic carbocycles. The lowest BCUT2D eigenvalue weighted by atomic mass is 10.1. The maximum absolute atomic E-state index is 11.7. The van der Waals surface area contributed by atoms with Crippen molar-refractivity contribution in [3.63, 3.8) is 0 Å². The van der Waals surface area contributed by atoms with Crippen LogP contribution in [0.2, 0.25) is 0 Å². The Balaban J connectivity index is 1.80. The zero-order valence-electron chi connectivity index (χ0n) is 10.1. The molecule has 1 heterocycles. The molecule has 0 bridgehead atoms. The third-order valence-electron chi connectivity index (χ3n) is 3.27. The second kappa shape index (κ2) is 4.94. The smallest absolute Gasteiger partial charge is 0.237 e. The Bertz CT molecular complexity index is 390. The number of amides is 1. The summed E-state index contributed by atoms with van der Waals surface area (Å²) in [6.45, 7) is 1.79. The van der Waals surface area contributed by atoms with Gasteiger partial charge in [0.2, 0.25) is 5.91 Å². The number of carbonyl (C=O) groups excluding carboxylic acids is 1. The fourth-order valence-corrected chi connectivity index (χ4v) is 3.79. The van der Waals surface area contributed by atoms with Gasteiger partial charge < -0.3 is 10.6 Å². The Labute approximate surface area is 102 Å². The Morgan fingerprint density at radius 2 is 1.94 bits per heavy atom. The van der Waals surface area contributed by atoms with Crippen LogP contribution in [0.4, 0.5) is 0 Å². The first-order valence-corrected chi connectivity index (χ1v) is 8.05. The quantitative estimate of drug-likeness (QED) is 0.735. The lowest BCUT2D eigenvalue weighted by Gasteiger charge is -2.26. The first kappa shape index (κ1) is 12.8. The van der Waals surface area contributed by atoms with Gasteiger partial charge in [-0.25, -0.2) is 8.42 Å². The van der Waals surface area contributed by atoms with E-state index in [4.69, 9.17) is 0 Å². The molecular weight excluding hydrogens is 240 g/mol. The van der Waals surface area contributed by atoms with Crippen LogP contribution < -0.4 is 10.6 Å². The summed E-state index contributed by atoms with van der Waals surface area (Å²) in [6.07, 6.45) is 3.66. The molecule has 2 N–H and O–H groups in total.